The number of benzene rings is 3. The van der Waals surface area contributed by atoms with E-state index in [1.165, 1.54) is 0 Å². The number of thiazole rings is 1. The van der Waals surface area contributed by atoms with Crippen molar-refractivity contribution >= 4 is 23.0 Å². The van der Waals surface area contributed by atoms with Crippen LogP contribution in [0.1, 0.15) is 22.6 Å². The molecule has 4 aromatic rings. The molecule has 0 spiro atoms. The van der Waals surface area contributed by atoms with Crippen LogP contribution in [0.25, 0.3) is 11.3 Å². The van der Waals surface area contributed by atoms with Crippen molar-refractivity contribution in [2.45, 2.75) is 26.0 Å². The molecule has 1 aromatic heterocycles. The van der Waals surface area contributed by atoms with Gasteiger partial charge in [-0.05, 0) is 41.8 Å². The van der Waals surface area contributed by atoms with E-state index in [2.05, 4.69) is 34.5 Å². The number of aryl methyl sites for hydroxylation is 1. The summed E-state index contributed by atoms with van der Waals surface area (Å²) in [5.74, 6) is -0.0371. The summed E-state index contributed by atoms with van der Waals surface area (Å²) in [5, 5.41) is 12.0. The maximum absolute atomic E-state index is 10.7. The molecule has 4 rings (SSSR count). The highest BCUT2D eigenvalue weighted by molar-refractivity contribution is 7.10. The first-order chi connectivity index (χ1) is 17.1. The Morgan fingerprint density at radius 3 is 2.54 bits per heavy atom. The van der Waals surface area contributed by atoms with Gasteiger partial charge in [0.15, 0.2) is 0 Å². The maximum atomic E-state index is 10.7. The zero-order valence-corrected chi connectivity index (χ0v) is 20.3. The number of hydrogen-bond donors (Lipinski definition) is 2. The summed E-state index contributed by atoms with van der Waals surface area (Å²) in [6, 6.07) is 26.1. The number of nitrogens with two attached hydrogens (primary N) is 1. The monoisotopic (exact) mass is 487 g/mol. The van der Waals surface area contributed by atoms with Gasteiger partial charge < -0.3 is 20.5 Å². The lowest BCUT2D eigenvalue weighted by Gasteiger charge is -2.23. The first-order valence-corrected chi connectivity index (χ1v) is 12.5. The highest BCUT2D eigenvalue weighted by Crippen LogP contribution is 2.25. The number of nitrogens with zero attached hydrogens (tertiary/aromatic N) is 2. The lowest BCUT2D eigenvalue weighted by Crippen LogP contribution is -2.29. The Morgan fingerprint density at radius 1 is 1.00 bits per heavy atom. The van der Waals surface area contributed by atoms with Crippen LogP contribution in [-0.4, -0.2) is 29.1 Å². The molecule has 0 aliphatic rings. The summed E-state index contributed by atoms with van der Waals surface area (Å²) < 4.78 is 5.97. The van der Waals surface area contributed by atoms with Crippen LogP contribution in [0.5, 0.6) is 5.75 Å². The van der Waals surface area contributed by atoms with Gasteiger partial charge in [0, 0.05) is 36.1 Å². The number of carboxylic acids is 1. The second kappa shape index (κ2) is 12.1. The lowest BCUT2D eigenvalue weighted by molar-refractivity contribution is -0.136. The molecule has 1 heterocycles. The fourth-order valence-corrected chi connectivity index (χ4v) is 4.57. The first-order valence-electron chi connectivity index (χ1n) is 11.6. The number of hydrogen-bond acceptors (Lipinski definition) is 6. The van der Waals surface area contributed by atoms with Crippen molar-refractivity contribution in [3.8, 4) is 17.0 Å². The van der Waals surface area contributed by atoms with Crippen molar-refractivity contribution in [3.63, 3.8) is 0 Å². The molecule has 6 nitrogen and oxygen atoms in total. The topological polar surface area (TPSA) is 88.7 Å². The van der Waals surface area contributed by atoms with Gasteiger partial charge in [-0.1, -0.05) is 54.6 Å². The number of aromatic nitrogens is 1. The van der Waals surface area contributed by atoms with Crippen molar-refractivity contribution < 1.29 is 14.6 Å². The summed E-state index contributed by atoms with van der Waals surface area (Å²) in [5.41, 5.74) is 11.2. The smallest absolute Gasteiger partial charge is 0.303 e. The van der Waals surface area contributed by atoms with Crippen LogP contribution in [-0.2, 0) is 24.4 Å². The van der Waals surface area contributed by atoms with Crippen LogP contribution in [0.3, 0.4) is 0 Å². The molecule has 7 heteroatoms. The van der Waals surface area contributed by atoms with E-state index < -0.39 is 5.97 Å². The quantitative estimate of drug-likeness (QED) is 0.279. The maximum Gasteiger partial charge on any atom is 0.303 e. The Hall–Kier alpha value is -3.68. The third-order valence-electron chi connectivity index (χ3n) is 5.58. The second-order valence-electron chi connectivity index (χ2n) is 8.20. The molecule has 0 radical (unpaired) electrons. The highest BCUT2D eigenvalue weighted by Gasteiger charge is 2.12. The molecule has 0 amide bonds. The van der Waals surface area contributed by atoms with Crippen LogP contribution < -0.4 is 15.4 Å². The zero-order valence-electron chi connectivity index (χ0n) is 19.5. The molecule has 0 saturated carbocycles. The molecule has 0 saturated heterocycles. The molecular weight excluding hydrogens is 458 g/mol. The Kier molecular flexibility index (Phi) is 8.48. The first kappa shape index (κ1) is 24.4. The normalized spacial score (nSPS) is 10.8. The fourth-order valence-electron chi connectivity index (χ4n) is 3.76. The van der Waals surface area contributed by atoms with Crippen molar-refractivity contribution in [1.29, 1.82) is 0 Å². The summed E-state index contributed by atoms with van der Waals surface area (Å²) in [4.78, 5) is 17.8. The Morgan fingerprint density at radius 2 is 1.80 bits per heavy atom. The van der Waals surface area contributed by atoms with Crippen LogP contribution in [0.4, 0.5) is 5.69 Å². The van der Waals surface area contributed by atoms with E-state index in [1.807, 2.05) is 54.6 Å². The second-order valence-corrected chi connectivity index (χ2v) is 9.14. The van der Waals surface area contributed by atoms with Gasteiger partial charge in [0.1, 0.15) is 17.4 Å². The van der Waals surface area contributed by atoms with Gasteiger partial charge in [-0.2, -0.15) is 0 Å². The van der Waals surface area contributed by atoms with E-state index in [9.17, 15) is 4.79 Å². The average molecular weight is 488 g/mol. The van der Waals surface area contributed by atoms with Gasteiger partial charge in [0.25, 0.3) is 0 Å². The number of anilines is 1. The Labute approximate surface area is 209 Å². The SMILES string of the molecule is NCCN(Cc1nc(-c2ccccc2)cs1)c1cccc(COc2ccc(CCC(=O)O)cc2)c1. The summed E-state index contributed by atoms with van der Waals surface area (Å²) >= 11 is 1.66. The van der Waals surface area contributed by atoms with Gasteiger partial charge in [-0.15, -0.1) is 11.3 Å². The zero-order chi connectivity index (χ0) is 24.5. The predicted octanol–water partition coefficient (Wildman–Crippen LogP) is 5.37. The van der Waals surface area contributed by atoms with Crippen molar-refractivity contribution in [1.82, 2.24) is 4.98 Å². The molecule has 0 atom stereocenters. The average Bonchev–Trinajstić information content (AvgIpc) is 3.36. The number of carboxylic acid groups (broad SMARTS) is 1. The molecule has 0 unspecified atom stereocenters. The van der Waals surface area contributed by atoms with Gasteiger partial charge in [-0.3, -0.25) is 4.79 Å². The third-order valence-corrected chi connectivity index (χ3v) is 6.41. The lowest BCUT2D eigenvalue weighted by atomic mass is 10.1. The van der Waals surface area contributed by atoms with Crippen LogP contribution in [0.15, 0.2) is 84.2 Å². The van der Waals surface area contributed by atoms with Crippen molar-refractivity contribution in [2.75, 3.05) is 18.0 Å². The van der Waals surface area contributed by atoms with Crippen LogP contribution in [0.2, 0.25) is 0 Å². The molecule has 0 bridgehead atoms. The van der Waals surface area contributed by atoms with E-state index in [0.717, 1.165) is 45.4 Å². The molecule has 0 fully saturated rings. The van der Waals surface area contributed by atoms with E-state index >= 15 is 0 Å². The van der Waals surface area contributed by atoms with Crippen molar-refractivity contribution in [3.05, 3.63) is 100 Å². The Bertz CT molecular complexity index is 1230. The van der Waals surface area contributed by atoms with Gasteiger partial charge in [0.2, 0.25) is 0 Å². The van der Waals surface area contributed by atoms with Gasteiger partial charge >= 0.3 is 5.97 Å². The van der Waals surface area contributed by atoms with E-state index in [1.54, 1.807) is 11.3 Å². The molecular formula is C28H29N3O3S. The van der Waals surface area contributed by atoms with Gasteiger partial charge in [0.05, 0.1) is 12.2 Å². The third kappa shape index (κ3) is 7.15. The number of rotatable bonds is 12. The summed E-state index contributed by atoms with van der Waals surface area (Å²) in [6.07, 6.45) is 0.640. The molecule has 0 aliphatic heterocycles. The minimum atomic E-state index is -0.791. The van der Waals surface area contributed by atoms with E-state index in [4.69, 9.17) is 20.6 Å². The van der Waals surface area contributed by atoms with E-state index in [-0.39, 0.29) is 6.42 Å². The van der Waals surface area contributed by atoms with Gasteiger partial charge in [-0.25, -0.2) is 4.98 Å². The summed E-state index contributed by atoms with van der Waals surface area (Å²) in [7, 11) is 0. The minimum Gasteiger partial charge on any atom is -0.489 e. The van der Waals surface area contributed by atoms with Crippen LogP contribution in [0, 0.1) is 0 Å². The molecule has 0 aliphatic carbocycles. The largest absolute Gasteiger partial charge is 0.489 e. The van der Waals surface area contributed by atoms with Crippen LogP contribution >= 0.6 is 11.3 Å². The fraction of sp³-hybridized carbons (Fsp3) is 0.214. The minimum absolute atomic E-state index is 0.126. The molecule has 3 N–H and O–H groups in total. The summed E-state index contributed by atoms with van der Waals surface area (Å²) in [6.45, 7) is 2.40. The molecule has 3 aromatic carbocycles. The standard InChI is InChI=1S/C28H29N3O3S/c29-15-16-31(18-27-30-26(20-35-27)23-6-2-1-3-7-23)24-8-4-5-22(17-24)19-34-25-12-9-21(10-13-25)11-14-28(32)33/h1-10,12-13,17,20H,11,14-16,18-19,29H2,(H,32,33). The Balaban J connectivity index is 1.39. The molecule has 180 valence electrons. The highest BCUT2D eigenvalue weighted by atomic mass is 32.1. The number of ether oxygens (including phenoxy) is 1. The van der Waals surface area contributed by atoms with Crippen molar-refractivity contribution in [2.24, 2.45) is 5.73 Å². The number of aliphatic carboxylic acids is 1. The number of carbonyl (C=O) groups is 1. The predicted molar refractivity (Wildman–Crippen MR) is 141 cm³/mol. The van der Waals surface area contributed by atoms with E-state index in [0.29, 0.717) is 26.1 Å². The molecule has 35 heavy (non-hydrogen) atoms.